The topological polar surface area (TPSA) is 46.2 Å². The van der Waals surface area contributed by atoms with Gasteiger partial charge in [-0.15, -0.1) is 0 Å². The molecule has 0 radical (unpaired) electrons. The molecule has 2 aromatic rings. The van der Waals surface area contributed by atoms with Crippen molar-refractivity contribution in [2.45, 2.75) is 37.5 Å². The Morgan fingerprint density at radius 3 is 2.41 bits per heavy atom. The normalized spacial score (nSPS) is 12.0. The standard InChI is InChI=1S/C16H19Cl2NO2S/c1-2-3-4-7-10-19-22(20,21)15-11-14(17)12-8-5-6-9-13(12)16(15)18/h5-6,8-9,11,19H,2-4,7,10H2,1H3. The first kappa shape index (κ1) is 17.5. The summed E-state index contributed by atoms with van der Waals surface area (Å²) in [6.45, 7) is 2.52. The van der Waals surface area contributed by atoms with Crippen LogP contribution in [0.15, 0.2) is 35.2 Å². The summed E-state index contributed by atoms with van der Waals surface area (Å²) in [6, 6.07) is 8.65. The van der Waals surface area contributed by atoms with Gasteiger partial charge in [0, 0.05) is 22.3 Å². The molecule has 0 heterocycles. The molecule has 0 amide bonds. The van der Waals surface area contributed by atoms with Crippen molar-refractivity contribution in [3.05, 3.63) is 40.4 Å². The number of benzene rings is 2. The molecule has 0 aromatic heterocycles. The molecular weight excluding hydrogens is 341 g/mol. The highest BCUT2D eigenvalue weighted by molar-refractivity contribution is 7.89. The second-order valence-corrected chi connectivity index (χ2v) is 7.70. The summed E-state index contributed by atoms with van der Waals surface area (Å²) in [4.78, 5) is 0.0355. The third-order valence-corrected chi connectivity index (χ3v) is 5.82. The van der Waals surface area contributed by atoms with E-state index in [0.29, 0.717) is 17.0 Å². The molecule has 0 saturated heterocycles. The zero-order valence-corrected chi connectivity index (χ0v) is 14.7. The first-order chi connectivity index (χ1) is 10.5. The maximum atomic E-state index is 12.4. The second kappa shape index (κ2) is 7.64. The molecule has 0 saturated carbocycles. The largest absolute Gasteiger partial charge is 0.242 e. The summed E-state index contributed by atoms with van der Waals surface area (Å²) < 4.78 is 27.5. The predicted octanol–water partition coefficient (Wildman–Crippen LogP) is 5.01. The number of rotatable bonds is 7. The quantitative estimate of drug-likeness (QED) is 0.706. The number of sulfonamides is 1. The lowest BCUT2D eigenvalue weighted by atomic mass is 10.1. The van der Waals surface area contributed by atoms with Crippen LogP contribution in [0.2, 0.25) is 10.0 Å². The summed E-state index contributed by atoms with van der Waals surface area (Å²) in [6.07, 6.45) is 4.03. The van der Waals surface area contributed by atoms with Crippen LogP contribution in [0.1, 0.15) is 32.6 Å². The Morgan fingerprint density at radius 2 is 1.73 bits per heavy atom. The summed E-state index contributed by atoms with van der Waals surface area (Å²) in [5.41, 5.74) is 0. The van der Waals surface area contributed by atoms with E-state index in [2.05, 4.69) is 11.6 Å². The van der Waals surface area contributed by atoms with Gasteiger partial charge in [-0.05, 0) is 12.5 Å². The van der Waals surface area contributed by atoms with Crippen LogP contribution in [0.4, 0.5) is 0 Å². The van der Waals surface area contributed by atoms with Crippen molar-refractivity contribution in [2.75, 3.05) is 6.54 Å². The smallest absolute Gasteiger partial charge is 0.211 e. The third-order valence-electron chi connectivity index (χ3n) is 3.51. The summed E-state index contributed by atoms with van der Waals surface area (Å²) >= 11 is 12.5. The van der Waals surface area contributed by atoms with E-state index >= 15 is 0 Å². The predicted molar refractivity (Wildman–Crippen MR) is 93.3 cm³/mol. The minimum absolute atomic E-state index is 0.0355. The first-order valence-electron chi connectivity index (χ1n) is 7.33. The Morgan fingerprint density at radius 1 is 1.05 bits per heavy atom. The van der Waals surface area contributed by atoms with E-state index in [9.17, 15) is 8.42 Å². The van der Waals surface area contributed by atoms with Gasteiger partial charge in [-0.1, -0.05) is 73.7 Å². The van der Waals surface area contributed by atoms with Gasteiger partial charge < -0.3 is 0 Å². The molecule has 6 heteroatoms. The monoisotopic (exact) mass is 359 g/mol. The highest BCUT2D eigenvalue weighted by atomic mass is 35.5. The van der Waals surface area contributed by atoms with Crippen molar-refractivity contribution >= 4 is 44.0 Å². The number of unbranched alkanes of at least 4 members (excludes halogenated alkanes) is 3. The Hall–Kier alpha value is -0.810. The van der Waals surface area contributed by atoms with Gasteiger partial charge in [0.15, 0.2) is 0 Å². The number of hydrogen-bond acceptors (Lipinski definition) is 2. The van der Waals surface area contributed by atoms with Crippen LogP contribution in [0.25, 0.3) is 10.8 Å². The van der Waals surface area contributed by atoms with E-state index in [-0.39, 0.29) is 9.92 Å². The van der Waals surface area contributed by atoms with E-state index < -0.39 is 10.0 Å². The molecule has 0 bridgehead atoms. The molecule has 0 unspecified atom stereocenters. The highest BCUT2D eigenvalue weighted by Gasteiger charge is 2.20. The Bertz CT molecular complexity index is 760. The second-order valence-electron chi connectivity index (χ2n) is 5.17. The molecule has 120 valence electrons. The maximum Gasteiger partial charge on any atom is 0.242 e. The van der Waals surface area contributed by atoms with Crippen LogP contribution in [0.5, 0.6) is 0 Å². The molecule has 3 nitrogen and oxygen atoms in total. The molecule has 0 fully saturated rings. The zero-order chi connectivity index (χ0) is 16.2. The Labute approximate surface area is 141 Å². The Kier molecular flexibility index (Phi) is 6.09. The summed E-state index contributed by atoms with van der Waals surface area (Å²) in [5.74, 6) is 0. The first-order valence-corrected chi connectivity index (χ1v) is 9.57. The van der Waals surface area contributed by atoms with Gasteiger partial charge in [-0.25, -0.2) is 13.1 Å². The van der Waals surface area contributed by atoms with E-state index in [4.69, 9.17) is 23.2 Å². The van der Waals surface area contributed by atoms with Gasteiger partial charge in [0.2, 0.25) is 10.0 Å². The van der Waals surface area contributed by atoms with Crippen LogP contribution >= 0.6 is 23.2 Å². The van der Waals surface area contributed by atoms with Crippen LogP contribution in [-0.4, -0.2) is 15.0 Å². The molecule has 0 aliphatic carbocycles. The van der Waals surface area contributed by atoms with E-state index in [1.807, 2.05) is 12.1 Å². The average molecular weight is 360 g/mol. The lowest BCUT2D eigenvalue weighted by molar-refractivity contribution is 0.574. The third kappa shape index (κ3) is 3.93. The summed E-state index contributed by atoms with van der Waals surface area (Å²) in [7, 11) is -3.66. The lowest BCUT2D eigenvalue weighted by Crippen LogP contribution is -2.25. The van der Waals surface area contributed by atoms with Crippen molar-refractivity contribution in [1.82, 2.24) is 4.72 Å². The SMILES string of the molecule is CCCCCCNS(=O)(=O)c1cc(Cl)c2ccccc2c1Cl. The lowest BCUT2D eigenvalue weighted by Gasteiger charge is -2.11. The molecular formula is C16H19Cl2NO2S. The van der Waals surface area contributed by atoms with E-state index in [1.165, 1.54) is 6.07 Å². The van der Waals surface area contributed by atoms with Crippen molar-refractivity contribution < 1.29 is 8.42 Å². The van der Waals surface area contributed by atoms with Crippen molar-refractivity contribution in [3.8, 4) is 0 Å². The number of fused-ring (bicyclic) bond motifs is 1. The molecule has 0 aliphatic rings. The van der Waals surface area contributed by atoms with E-state index in [0.717, 1.165) is 31.1 Å². The fraction of sp³-hybridized carbons (Fsp3) is 0.375. The average Bonchev–Trinajstić information content (AvgIpc) is 2.50. The Balaban J connectivity index is 2.27. The van der Waals surface area contributed by atoms with Crippen molar-refractivity contribution in [3.63, 3.8) is 0 Å². The van der Waals surface area contributed by atoms with Gasteiger partial charge in [0.25, 0.3) is 0 Å². The molecule has 2 rings (SSSR count). The van der Waals surface area contributed by atoms with Crippen LogP contribution in [-0.2, 0) is 10.0 Å². The summed E-state index contributed by atoms with van der Waals surface area (Å²) in [5, 5.41) is 1.98. The van der Waals surface area contributed by atoms with Crippen LogP contribution in [0, 0.1) is 0 Å². The maximum absolute atomic E-state index is 12.4. The molecule has 0 spiro atoms. The number of nitrogens with one attached hydrogen (secondary N) is 1. The highest BCUT2D eigenvalue weighted by Crippen LogP contribution is 2.35. The van der Waals surface area contributed by atoms with Gasteiger partial charge in [-0.3, -0.25) is 0 Å². The fourth-order valence-corrected chi connectivity index (χ4v) is 4.35. The molecule has 22 heavy (non-hydrogen) atoms. The van der Waals surface area contributed by atoms with Crippen LogP contribution < -0.4 is 4.72 Å². The molecule has 1 N–H and O–H groups in total. The van der Waals surface area contributed by atoms with Gasteiger partial charge >= 0.3 is 0 Å². The van der Waals surface area contributed by atoms with Gasteiger partial charge in [-0.2, -0.15) is 0 Å². The van der Waals surface area contributed by atoms with Gasteiger partial charge in [0.1, 0.15) is 4.90 Å². The van der Waals surface area contributed by atoms with Crippen LogP contribution in [0.3, 0.4) is 0 Å². The minimum Gasteiger partial charge on any atom is -0.211 e. The van der Waals surface area contributed by atoms with Crippen molar-refractivity contribution in [1.29, 1.82) is 0 Å². The molecule has 2 aromatic carbocycles. The number of halogens is 2. The van der Waals surface area contributed by atoms with Gasteiger partial charge in [0.05, 0.1) is 5.02 Å². The van der Waals surface area contributed by atoms with Crippen molar-refractivity contribution in [2.24, 2.45) is 0 Å². The number of hydrogen-bond donors (Lipinski definition) is 1. The fourth-order valence-electron chi connectivity index (χ4n) is 2.30. The molecule has 0 aliphatic heterocycles. The molecule has 0 atom stereocenters. The zero-order valence-electron chi connectivity index (χ0n) is 12.4. The minimum atomic E-state index is -3.66. The van der Waals surface area contributed by atoms with E-state index in [1.54, 1.807) is 12.1 Å².